The van der Waals surface area contributed by atoms with Crippen LogP contribution < -0.4 is 10.1 Å². The molecule has 2 aromatic carbocycles. The summed E-state index contributed by atoms with van der Waals surface area (Å²) in [5.41, 5.74) is 3.77. The van der Waals surface area contributed by atoms with Crippen molar-refractivity contribution in [3.8, 4) is 5.75 Å². The van der Waals surface area contributed by atoms with Crippen molar-refractivity contribution in [2.75, 3.05) is 26.8 Å². The Morgan fingerprint density at radius 2 is 1.97 bits per heavy atom. The molecule has 6 heteroatoms. The molecule has 0 aliphatic carbocycles. The third-order valence-electron chi connectivity index (χ3n) is 6.73. The summed E-state index contributed by atoms with van der Waals surface area (Å²) in [7, 11) is 1.68. The van der Waals surface area contributed by atoms with Gasteiger partial charge in [-0.2, -0.15) is 0 Å². The molecule has 3 aliphatic heterocycles. The van der Waals surface area contributed by atoms with Crippen LogP contribution in [-0.4, -0.2) is 49.6 Å². The number of carbonyl (C=O) groups is 2. The first kappa shape index (κ1) is 19.1. The Morgan fingerprint density at radius 1 is 1.17 bits per heavy atom. The number of piperidine rings is 1. The Morgan fingerprint density at radius 3 is 2.77 bits per heavy atom. The quantitative estimate of drug-likeness (QED) is 0.832. The molecule has 1 saturated heterocycles. The average molecular weight is 406 g/mol. The van der Waals surface area contributed by atoms with Gasteiger partial charge in [-0.25, -0.2) is 0 Å². The SMILES string of the molecule is COc1ccc2c(c1)CCOC21CCN(C(=O)C2Cc3ccccc3C(=O)N2)CC1. The third kappa shape index (κ3) is 3.16. The third-order valence-corrected chi connectivity index (χ3v) is 6.73. The smallest absolute Gasteiger partial charge is 0.252 e. The number of fused-ring (bicyclic) bond motifs is 3. The van der Waals surface area contributed by atoms with E-state index in [4.69, 9.17) is 9.47 Å². The predicted octanol–water partition coefficient (Wildman–Crippen LogP) is 2.44. The van der Waals surface area contributed by atoms with Crippen LogP contribution in [0.25, 0.3) is 0 Å². The second-order valence-corrected chi connectivity index (χ2v) is 8.33. The molecule has 3 aliphatic rings. The Labute approximate surface area is 176 Å². The lowest BCUT2D eigenvalue weighted by atomic mass is 9.79. The van der Waals surface area contributed by atoms with E-state index in [2.05, 4.69) is 17.4 Å². The van der Waals surface area contributed by atoms with Crippen LogP contribution in [-0.2, 0) is 28.0 Å². The largest absolute Gasteiger partial charge is 0.497 e. The summed E-state index contributed by atoms with van der Waals surface area (Å²) >= 11 is 0. The van der Waals surface area contributed by atoms with Gasteiger partial charge >= 0.3 is 0 Å². The number of ether oxygens (including phenoxy) is 2. The molecule has 6 nitrogen and oxygen atoms in total. The van der Waals surface area contributed by atoms with Gasteiger partial charge in [0.15, 0.2) is 0 Å². The first-order chi connectivity index (χ1) is 14.6. The molecular weight excluding hydrogens is 380 g/mol. The zero-order chi connectivity index (χ0) is 20.7. The molecule has 5 rings (SSSR count). The van der Waals surface area contributed by atoms with E-state index in [1.165, 1.54) is 11.1 Å². The number of benzene rings is 2. The summed E-state index contributed by atoms with van der Waals surface area (Å²) in [4.78, 5) is 27.4. The fourth-order valence-corrected chi connectivity index (χ4v) is 5.08. The predicted molar refractivity (Wildman–Crippen MR) is 112 cm³/mol. The van der Waals surface area contributed by atoms with E-state index in [9.17, 15) is 9.59 Å². The summed E-state index contributed by atoms with van der Waals surface area (Å²) in [5, 5.41) is 2.89. The van der Waals surface area contributed by atoms with Crippen LogP contribution in [0.2, 0.25) is 0 Å². The average Bonchev–Trinajstić information content (AvgIpc) is 2.79. The van der Waals surface area contributed by atoms with Crippen molar-refractivity contribution < 1.29 is 19.1 Å². The van der Waals surface area contributed by atoms with E-state index in [0.29, 0.717) is 31.7 Å². The highest BCUT2D eigenvalue weighted by molar-refractivity contribution is 6.00. The van der Waals surface area contributed by atoms with Gasteiger partial charge in [-0.15, -0.1) is 0 Å². The minimum Gasteiger partial charge on any atom is -0.497 e. The lowest BCUT2D eigenvalue weighted by Gasteiger charge is -2.45. The molecule has 1 spiro atoms. The maximum atomic E-state index is 13.2. The van der Waals surface area contributed by atoms with Crippen LogP contribution in [0.3, 0.4) is 0 Å². The van der Waals surface area contributed by atoms with Gasteiger partial charge in [0.2, 0.25) is 5.91 Å². The molecule has 2 amide bonds. The number of methoxy groups -OCH3 is 1. The van der Waals surface area contributed by atoms with Crippen LogP contribution >= 0.6 is 0 Å². The highest BCUT2D eigenvalue weighted by Crippen LogP contribution is 2.42. The zero-order valence-corrected chi connectivity index (χ0v) is 17.1. The van der Waals surface area contributed by atoms with Crippen molar-refractivity contribution in [3.63, 3.8) is 0 Å². The second-order valence-electron chi connectivity index (χ2n) is 8.33. The van der Waals surface area contributed by atoms with Crippen LogP contribution in [0.1, 0.15) is 39.9 Å². The van der Waals surface area contributed by atoms with E-state index in [-0.39, 0.29) is 17.4 Å². The number of carbonyl (C=O) groups excluding carboxylic acids is 2. The Balaban J connectivity index is 1.30. The second kappa shape index (κ2) is 7.43. The molecule has 156 valence electrons. The number of nitrogens with one attached hydrogen (secondary N) is 1. The van der Waals surface area contributed by atoms with Crippen molar-refractivity contribution in [2.24, 2.45) is 0 Å². The molecule has 2 aromatic rings. The topological polar surface area (TPSA) is 67.9 Å². The van der Waals surface area contributed by atoms with E-state index >= 15 is 0 Å². The molecule has 0 radical (unpaired) electrons. The fraction of sp³-hybridized carbons (Fsp3) is 0.417. The number of rotatable bonds is 2. The maximum Gasteiger partial charge on any atom is 0.252 e. The van der Waals surface area contributed by atoms with Gasteiger partial charge in [-0.1, -0.05) is 24.3 Å². The van der Waals surface area contributed by atoms with Crippen LogP contribution in [0.4, 0.5) is 0 Å². The molecule has 1 fully saturated rings. The van der Waals surface area contributed by atoms with Crippen molar-refractivity contribution in [1.29, 1.82) is 0 Å². The highest BCUT2D eigenvalue weighted by Gasteiger charge is 2.43. The normalized spacial score (nSPS) is 22.1. The standard InChI is InChI=1S/C24H26N2O4/c1-29-18-6-7-20-17(14-18)8-13-30-24(20)9-11-26(12-10-24)23(28)21-15-16-4-2-3-5-19(16)22(27)25-21/h2-7,14,21H,8-13,15H2,1H3,(H,25,27). The highest BCUT2D eigenvalue weighted by atomic mass is 16.5. The molecule has 0 bridgehead atoms. The first-order valence-electron chi connectivity index (χ1n) is 10.6. The molecule has 0 aromatic heterocycles. The summed E-state index contributed by atoms with van der Waals surface area (Å²) in [6.07, 6.45) is 2.94. The van der Waals surface area contributed by atoms with Crippen LogP contribution in [0.15, 0.2) is 42.5 Å². The van der Waals surface area contributed by atoms with Gasteiger partial charge in [0.05, 0.1) is 19.3 Å². The first-order valence-corrected chi connectivity index (χ1v) is 10.6. The zero-order valence-electron chi connectivity index (χ0n) is 17.1. The van der Waals surface area contributed by atoms with E-state index in [1.807, 2.05) is 35.2 Å². The number of hydrogen-bond donors (Lipinski definition) is 1. The summed E-state index contributed by atoms with van der Waals surface area (Å²) < 4.78 is 11.7. The Kier molecular flexibility index (Phi) is 4.74. The van der Waals surface area contributed by atoms with E-state index < -0.39 is 6.04 Å². The summed E-state index contributed by atoms with van der Waals surface area (Å²) in [6, 6.07) is 13.2. The number of likely N-dealkylation sites (tertiary alicyclic amines) is 1. The molecule has 1 unspecified atom stereocenters. The van der Waals surface area contributed by atoms with Gasteiger partial charge in [0, 0.05) is 25.1 Å². The maximum absolute atomic E-state index is 13.2. The Bertz CT molecular complexity index is 994. The molecule has 1 atom stereocenters. The van der Waals surface area contributed by atoms with Gasteiger partial charge < -0.3 is 19.7 Å². The number of hydrogen-bond acceptors (Lipinski definition) is 4. The van der Waals surface area contributed by atoms with Gasteiger partial charge in [-0.3, -0.25) is 9.59 Å². The van der Waals surface area contributed by atoms with Gasteiger partial charge in [0.25, 0.3) is 5.91 Å². The monoisotopic (exact) mass is 406 g/mol. The van der Waals surface area contributed by atoms with Crippen molar-refractivity contribution in [2.45, 2.75) is 37.3 Å². The summed E-state index contributed by atoms with van der Waals surface area (Å²) in [5.74, 6) is 0.701. The van der Waals surface area contributed by atoms with Crippen LogP contribution in [0, 0.1) is 0 Å². The number of nitrogens with zero attached hydrogens (tertiary/aromatic N) is 1. The minimum absolute atomic E-state index is 0.00142. The fourth-order valence-electron chi connectivity index (χ4n) is 5.08. The van der Waals surface area contributed by atoms with Crippen LogP contribution in [0.5, 0.6) is 5.75 Å². The molecule has 30 heavy (non-hydrogen) atoms. The Hall–Kier alpha value is -2.86. The lowest BCUT2D eigenvalue weighted by molar-refractivity contribution is -0.142. The van der Waals surface area contributed by atoms with E-state index in [1.54, 1.807) is 7.11 Å². The van der Waals surface area contributed by atoms with Crippen molar-refractivity contribution >= 4 is 11.8 Å². The van der Waals surface area contributed by atoms with E-state index in [0.717, 1.165) is 30.6 Å². The van der Waals surface area contributed by atoms with Gasteiger partial charge in [-0.05, 0) is 54.2 Å². The minimum atomic E-state index is -0.495. The molecule has 3 heterocycles. The molecule has 0 saturated carbocycles. The lowest BCUT2D eigenvalue weighted by Crippen LogP contribution is -2.56. The molecule has 1 N–H and O–H groups in total. The summed E-state index contributed by atoms with van der Waals surface area (Å²) in [6.45, 7) is 1.93. The van der Waals surface area contributed by atoms with Crippen molar-refractivity contribution in [3.05, 3.63) is 64.7 Å². The van der Waals surface area contributed by atoms with Crippen molar-refractivity contribution in [1.82, 2.24) is 10.2 Å². The molecular formula is C24H26N2O4. The number of amides is 2. The van der Waals surface area contributed by atoms with Gasteiger partial charge in [0.1, 0.15) is 11.8 Å².